The predicted octanol–water partition coefficient (Wildman–Crippen LogP) is 4.51. The van der Waals surface area contributed by atoms with E-state index < -0.39 is 0 Å². The topological polar surface area (TPSA) is 15.3 Å². The molecular formula is C18H29FN2. The van der Waals surface area contributed by atoms with Crippen LogP contribution in [-0.2, 0) is 0 Å². The lowest BCUT2D eigenvalue weighted by atomic mass is 9.94. The molecule has 1 aromatic carbocycles. The van der Waals surface area contributed by atoms with Crippen LogP contribution in [0.25, 0.3) is 0 Å². The minimum Gasteiger partial charge on any atom is -0.369 e. The van der Waals surface area contributed by atoms with E-state index in [-0.39, 0.29) is 11.9 Å². The number of para-hydroxylation sites is 1. The van der Waals surface area contributed by atoms with E-state index in [4.69, 9.17) is 0 Å². The van der Waals surface area contributed by atoms with Crippen LogP contribution in [0.1, 0.15) is 58.1 Å². The molecule has 0 aromatic heterocycles. The molecule has 3 heteroatoms. The monoisotopic (exact) mass is 292 g/mol. The quantitative estimate of drug-likeness (QED) is 0.829. The van der Waals surface area contributed by atoms with E-state index in [1.807, 2.05) is 6.07 Å². The summed E-state index contributed by atoms with van der Waals surface area (Å²) in [4.78, 5) is 2.27. The van der Waals surface area contributed by atoms with Gasteiger partial charge in [0.25, 0.3) is 0 Å². The van der Waals surface area contributed by atoms with Gasteiger partial charge in [-0.3, -0.25) is 0 Å². The molecule has 1 aromatic rings. The molecule has 2 rings (SSSR count). The van der Waals surface area contributed by atoms with Gasteiger partial charge in [0.1, 0.15) is 5.82 Å². The van der Waals surface area contributed by atoms with Gasteiger partial charge >= 0.3 is 0 Å². The summed E-state index contributed by atoms with van der Waals surface area (Å²) in [5.41, 5.74) is 1.92. The fourth-order valence-electron chi connectivity index (χ4n) is 3.29. The largest absolute Gasteiger partial charge is 0.369 e. The van der Waals surface area contributed by atoms with Gasteiger partial charge in [0.05, 0.1) is 5.69 Å². The number of halogens is 1. The first kappa shape index (κ1) is 16.3. The number of nitrogens with one attached hydrogen (secondary N) is 1. The van der Waals surface area contributed by atoms with Crippen LogP contribution in [0.2, 0.25) is 0 Å². The smallest absolute Gasteiger partial charge is 0.146 e. The number of rotatable bonds is 6. The molecule has 118 valence electrons. The van der Waals surface area contributed by atoms with Gasteiger partial charge in [-0.1, -0.05) is 32.4 Å². The Bertz CT molecular complexity index is 447. The predicted molar refractivity (Wildman–Crippen MR) is 88.3 cm³/mol. The van der Waals surface area contributed by atoms with Crippen molar-refractivity contribution in [2.75, 3.05) is 24.5 Å². The minimum absolute atomic E-state index is 0.0746. The van der Waals surface area contributed by atoms with Gasteiger partial charge in [0, 0.05) is 19.1 Å². The Morgan fingerprint density at radius 3 is 2.90 bits per heavy atom. The molecule has 1 fully saturated rings. The summed E-state index contributed by atoms with van der Waals surface area (Å²) < 4.78 is 14.5. The van der Waals surface area contributed by atoms with Gasteiger partial charge in [-0.15, -0.1) is 0 Å². The van der Waals surface area contributed by atoms with Crippen LogP contribution < -0.4 is 10.2 Å². The average Bonchev–Trinajstić information content (AvgIpc) is 2.52. The first-order chi connectivity index (χ1) is 10.2. The number of hydrogen-bond acceptors (Lipinski definition) is 2. The van der Waals surface area contributed by atoms with Gasteiger partial charge in [-0.05, 0) is 50.3 Å². The standard InChI is InChI=1S/C18H29FN2/c1-4-11-20-14(3)16-9-6-10-17(19)18(16)21-12-7-8-15(5-2)13-21/h6,9-10,14-15,20H,4-5,7-8,11-13H2,1-3H3. The molecule has 0 amide bonds. The summed E-state index contributed by atoms with van der Waals surface area (Å²) in [7, 11) is 0. The Labute approximate surface area is 128 Å². The minimum atomic E-state index is -0.0746. The number of piperidine rings is 1. The van der Waals surface area contributed by atoms with E-state index in [0.29, 0.717) is 5.92 Å². The highest BCUT2D eigenvalue weighted by Crippen LogP contribution is 2.33. The van der Waals surface area contributed by atoms with Crippen molar-refractivity contribution in [2.24, 2.45) is 5.92 Å². The fraction of sp³-hybridized carbons (Fsp3) is 0.667. The molecule has 1 heterocycles. The lowest BCUT2D eigenvalue weighted by molar-refractivity contribution is 0.400. The molecule has 21 heavy (non-hydrogen) atoms. The van der Waals surface area contributed by atoms with Crippen LogP contribution >= 0.6 is 0 Å². The Balaban J connectivity index is 2.24. The maximum absolute atomic E-state index is 14.5. The van der Waals surface area contributed by atoms with Crippen LogP contribution in [0.5, 0.6) is 0 Å². The summed E-state index contributed by atoms with van der Waals surface area (Å²) in [6.45, 7) is 9.46. The first-order valence-corrected chi connectivity index (χ1v) is 8.44. The molecule has 0 spiro atoms. The zero-order valence-electron chi connectivity index (χ0n) is 13.7. The summed E-state index contributed by atoms with van der Waals surface area (Å²) in [5, 5.41) is 3.49. The van der Waals surface area contributed by atoms with E-state index in [9.17, 15) is 4.39 Å². The van der Waals surface area contributed by atoms with E-state index in [0.717, 1.165) is 37.3 Å². The molecule has 1 aliphatic heterocycles. The first-order valence-electron chi connectivity index (χ1n) is 8.44. The van der Waals surface area contributed by atoms with Crippen LogP contribution in [0.3, 0.4) is 0 Å². The Morgan fingerprint density at radius 2 is 2.19 bits per heavy atom. The number of nitrogens with zero attached hydrogens (tertiary/aromatic N) is 1. The van der Waals surface area contributed by atoms with Crippen molar-refractivity contribution in [3.05, 3.63) is 29.6 Å². The van der Waals surface area contributed by atoms with Crippen molar-refractivity contribution in [3.8, 4) is 0 Å². The second-order valence-electron chi connectivity index (χ2n) is 6.22. The summed E-state index contributed by atoms with van der Waals surface area (Å²) in [6, 6.07) is 5.69. The molecular weight excluding hydrogens is 263 g/mol. The highest BCUT2D eigenvalue weighted by atomic mass is 19.1. The van der Waals surface area contributed by atoms with Crippen molar-refractivity contribution in [1.29, 1.82) is 0 Å². The molecule has 2 unspecified atom stereocenters. The SMILES string of the molecule is CCCNC(C)c1cccc(F)c1N1CCCC(CC)C1. The second-order valence-corrected chi connectivity index (χ2v) is 6.22. The summed E-state index contributed by atoms with van der Waals surface area (Å²) >= 11 is 0. The van der Waals surface area contributed by atoms with Crippen LogP contribution in [0.15, 0.2) is 18.2 Å². The van der Waals surface area contributed by atoms with Gasteiger partial charge in [-0.25, -0.2) is 4.39 Å². The number of hydrogen-bond donors (Lipinski definition) is 1. The molecule has 0 bridgehead atoms. The summed E-state index contributed by atoms with van der Waals surface area (Å²) in [6.07, 6.45) is 4.73. The molecule has 0 radical (unpaired) electrons. The van der Waals surface area contributed by atoms with Crippen LogP contribution in [0, 0.1) is 11.7 Å². The third kappa shape index (κ3) is 3.97. The van der Waals surface area contributed by atoms with E-state index in [2.05, 4.69) is 37.1 Å². The van der Waals surface area contributed by atoms with E-state index in [1.54, 1.807) is 6.07 Å². The van der Waals surface area contributed by atoms with Crippen LogP contribution in [-0.4, -0.2) is 19.6 Å². The normalized spacial score (nSPS) is 20.6. The van der Waals surface area contributed by atoms with Crippen LogP contribution in [0.4, 0.5) is 10.1 Å². The molecule has 0 saturated carbocycles. The lowest BCUT2D eigenvalue weighted by Crippen LogP contribution is -2.37. The van der Waals surface area contributed by atoms with Gasteiger partial charge < -0.3 is 10.2 Å². The van der Waals surface area contributed by atoms with Gasteiger partial charge in [0.2, 0.25) is 0 Å². The number of benzene rings is 1. The van der Waals surface area contributed by atoms with Crippen molar-refractivity contribution in [2.45, 2.75) is 52.5 Å². The highest BCUT2D eigenvalue weighted by molar-refractivity contribution is 5.56. The Morgan fingerprint density at radius 1 is 1.38 bits per heavy atom. The van der Waals surface area contributed by atoms with E-state index >= 15 is 0 Å². The average molecular weight is 292 g/mol. The highest BCUT2D eigenvalue weighted by Gasteiger charge is 2.24. The Hall–Kier alpha value is -1.09. The van der Waals surface area contributed by atoms with Crippen molar-refractivity contribution >= 4 is 5.69 Å². The second kappa shape index (κ2) is 7.79. The maximum Gasteiger partial charge on any atom is 0.146 e. The third-order valence-electron chi connectivity index (χ3n) is 4.60. The van der Waals surface area contributed by atoms with Crippen molar-refractivity contribution < 1.29 is 4.39 Å². The van der Waals surface area contributed by atoms with E-state index in [1.165, 1.54) is 19.3 Å². The van der Waals surface area contributed by atoms with Gasteiger partial charge in [-0.2, -0.15) is 0 Å². The van der Waals surface area contributed by atoms with Crippen molar-refractivity contribution in [1.82, 2.24) is 5.32 Å². The molecule has 1 saturated heterocycles. The fourth-order valence-corrected chi connectivity index (χ4v) is 3.29. The molecule has 0 aliphatic carbocycles. The maximum atomic E-state index is 14.5. The molecule has 2 atom stereocenters. The molecule has 2 nitrogen and oxygen atoms in total. The van der Waals surface area contributed by atoms with Crippen molar-refractivity contribution in [3.63, 3.8) is 0 Å². The lowest BCUT2D eigenvalue weighted by Gasteiger charge is -2.36. The zero-order valence-corrected chi connectivity index (χ0v) is 13.7. The third-order valence-corrected chi connectivity index (χ3v) is 4.60. The molecule has 1 aliphatic rings. The Kier molecular flexibility index (Phi) is 6.04. The zero-order chi connectivity index (χ0) is 15.2. The van der Waals surface area contributed by atoms with Gasteiger partial charge in [0.15, 0.2) is 0 Å². The molecule has 1 N–H and O–H groups in total. The number of anilines is 1. The summed E-state index contributed by atoms with van der Waals surface area (Å²) in [5.74, 6) is 0.625.